The van der Waals surface area contributed by atoms with E-state index in [0.717, 1.165) is 94.3 Å². The fourth-order valence-corrected chi connectivity index (χ4v) is 7.88. The lowest BCUT2D eigenvalue weighted by atomic mass is 9.68. The Morgan fingerprint density at radius 1 is 0.776 bits per heavy atom. The van der Waals surface area contributed by atoms with Crippen molar-refractivity contribution in [2.24, 2.45) is 11.3 Å². The van der Waals surface area contributed by atoms with Crippen molar-refractivity contribution in [3.63, 3.8) is 0 Å². The highest BCUT2D eigenvalue weighted by molar-refractivity contribution is 5.97. The number of hydrogen-bond acceptors (Lipinski definition) is 7. The van der Waals surface area contributed by atoms with Gasteiger partial charge in [0.05, 0.1) is 5.56 Å². The minimum absolute atomic E-state index is 0. The third-order valence-corrected chi connectivity index (χ3v) is 10.9. The van der Waals surface area contributed by atoms with Gasteiger partial charge in [0.2, 0.25) is 0 Å². The number of piperidine rings is 1. The van der Waals surface area contributed by atoms with Crippen LogP contribution in [0.5, 0.6) is 11.5 Å². The van der Waals surface area contributed by atoms with Crippen LogP contribution in [0.3, 0.4) is 0 Å². The summed E-state index contributed by atoms with van der Waals surface area (Å²) in [4.78, 5) is 30.9. The van der Waals surface area contributed by atoms with E-state index in [0.29, 0.717) is 35.7 Å². The number of hydrogen-bond donors (Lipinski definition) is 3. The molecule has 3 aliphatic heterocycles. The number of anilines is 1. The average Bonchev–Trinajstić information content (AvgIpc) is 3.61. The van der Waals surface area contributed by atoms with Crippen LogP contribution in [0.25, 0.3) is 0 Å². The predicted octanol–water partition coefficient (Wildman–Crippen LogP) is 6.04. The van der Waals surface area contributed by atoms with Crippen LogP contribution in [0, 0.1) is 11.3 Å². The molecule has 6 rings (SSSR count). The maximum atomic E-state index is 13.9. The second-order valence-corrected chi connectivity index (χ2v) is 15.0. The molecule has 0 unspecified atom stereocenters. The summed E-state index contributed by atoms with van der Waals surface area (Å²) in [6.07, 6.45) is 7.26. The van der Waals surface area contributed by atoms with Crippen LogP contribution in [0.2, 0.25) is 0 Å². The van der Waals surface area contributed by atoms with Gasteiger partial charge >= 0.3 is 0 Å². The Balaban J connectivity index is 0.00000270. The molecule has 0 radical (unpaired) electrons. The van der Waals surface area contributed by atoms with Crippen molar-refractivity contribution in [3.8, 4) is 11.5 Å². The number of carbonyl (C=O) groups is 2. The lowest BCUT2D eigenvalue weighted by molar-refractivity contribution is 0.0593. The average molecular weight is 719 g/mol. The fourth-order valence-electron chi connectivity index (χ4n) is 7.88. The van der Waals surface area contributed by atoms with Crippen molar-refractivity contribution in [3.05, 3.63) is 53.1 Å². The van der Waals surface area contributed by atoms with Crippen molar-refractivity contribution in [1.82, 2.24) is 20.9 Å². The topological polar surface area (TPSA) is 95.2 Å². The molecule has 4 fully saturated rings. The molecular formula is C38H57Cl2N5O4. The maximum absolute atomic E-state index is 13.9. The molecule has 0 bridgehead atoms. The number of halogens is 2. The van der Waals surface area contributed by atoms with E-state index in [-0.39, 0.29) is 48.8 Å². The van der Waals surface area contributed by atoms with Gasteiger partial charge in [0.15, 0.2) is 0 Å². The van der Waals surface area contributed by atoms with Gasteiger partial charge in [-0.1, -0.05) is 20.8 Å². The Kier molecular flexibility index (Phi) is 13.9. The van der Waals surface area contributed by atoms with Gasteiger partial charge in [0.1, 0.15) is 23.7 Å². The third kappa shape index (κ3) is 9.54. The standard InChI is InChI=1S/C38H55N5O4.2ClH/c1-38(2,3)28-8-5-26(6-9-28)33-23-27(7-12-34(33)47-31-13-16-41-25-31)37(45)43-19-14-30(15-20-43)46-35-24-29(42-21-17-40-18-22-42)10-11-32(35)36(44)39-4;;/h7,10-12,23-24,26,28,30-31,40-41H,5-6,8-9,13-22,25H2,1-4H3,(H,39,44);2*1H/t26-,28-,31-;;/m0../s1. The summed E-state index contributed by atoms with van der Waals surface area (Å²) in [7, 11) is 1.65. The zero-order chi connectivity index (χ0) is 33.0. The summed E-state index contributed by atoms with van der Waals surface area (Å²) in [6, 6.07) is 12.0. The van der Waals surface area contributed by atoms with E-state index in [1.54, 1.807) is 7.05 Å². The third-order valence-electron chi connectivity index (χ3n) is 10.9. The Hall–Kier alpha value is -2.72. The largest absolute Gasteiger partial charge is 0.489 e. The van der Waals surface area contributed by atoms with Crippen molar-refractivity contribution >= 4 is 42.3 Å². The molecular weight excluding hydrogens is 661 g/mol. The maximum Gasteiger partial charge on any atom is 0.254 e. The SMILES string of the molecule is CNC(=O)c1ccc(N2CCNCC2)cc1OC1CCN(C(=O)c2ccc(O[C@H]3CCNC3)c([C@H]3CC[C@H](C(C)(C)C)CC3)c2)CC1.Cl.Cl. The molecule has 3 heterocycles. The normalized spacial score (nSPS) is 23.2. The van der Waals surface area contributed by atoms with Gasteiger partial charge in [-0.05, 0) is 91.8 Å². The molecule has 2 amide bonds. The first-order chi connectivity index (χ1) is 22.7. The van der Waals surface area contributed by atoms with Crippen LogP contribution in [0.4, 0.5) is 5.69 Å². The molecule has 3 saturated heterocycles. The monoisotopic (exact) mass is 717 g/mol. The van der Waals surface area contributed by atoms with Crippen LogP contribution in [0.1, 0.15) is 97.9 Å². The Bertz CT molecular complexity index is 1390. The highest BCUT2D eigenvalue weighted by atomic mass is 35.5. The number of benzene rings is 2. The summed E-state index contributed by atoms with van der Waals surface area (Å²) in [5, 5.41) is 9.56. The summed E-state index contributed by atoms with van der Waals surface area (Å²) in [6.45, 7) is 13.9. The molecule has 1 aliphatic carbocycles. The fraction of sp³-hybridized carbons (Fsp3) is 0.632. The first-order valence-corrected chi connectivity index (χ1v) is 18.0. The minimum Gasteiger partial charge on any atom is -0.489 e. The molecule has 4 aliphatic rings. The second-order valence-electron chi connectivity index (χ2n) is 15.0. The zero-order valence-corrected chi connectivity index (χ0v) is 31.4. The Labute approximate surface area is 305 Å². The first-order valence-electron chi connectivity index (χ1n) is 18.0. The minimum atomic E-state index is -0.154. The van der Waals surface area contributed by atoms with Crippen molar-refractivity contribution in [2.45, 2.75) is 83.8 Å². The van der Waals surface area contributed by atoms with Crippen molar-refractivity contribution in [2.75, 3.05) is 64.3 Å². The molecule has 9 nitrogen and oxygen atoms in total. The van der Waals surface area contributed by atoms with Gasteiger partial charge in [-0.15, -0.1) is 24.8 Å². The van der Waals surface area contributed by atoms with Crippen LogP contribution < -0.4 is 30.3 Å². The molecule has 2 aromatic carbocycles. The number of likely N-dealkylation sites (tertiary alicyclic amines) is 1. The smallest absolute Gasteiger partial charge is 0.254 e. The van der Waals surface area contributed by atoms with E-state index in [2.05, 4.69) is 53.8 Å². The molecule has 11 heteroatoms. The van der Waals surface area contributed by atoms with Crippen molar-refractivity contribution in [1.29, 1.82) is 0 Å². The summed E-state index contributed by atoms with van der Waals surface area (Å²) < 4.78 is 13.1. The highest BCUT2D eigenvalue weighted by Gasteiger charge is 2.33. The quantitative estimate of drug-likeness (QED) is 0.307. The predicted molar refractivity (Wildman–Crippen MR) is 201 cm³/mol. The molecule has 2 aromatic rings. The number of carbonyl (C=O) groups excluding carboxylic acids is 2. The molecule has 0 spiro atoms. The van der Waals surface area contributed by atoms with E-state index in [9.17, 15) is 9.59 Å². The molecule has 3 N–H and O–H groups in total. The molecule has 1 saturated carbocycles. The summed E-state index contributed by atoms with van der Waals surface area (Å²) in [5.74, 6) is 2.64. The Morgan fingerprint density at radius 3 is 2.10 bits per heavy atom. The van der Waals surface area contributed by atoms with Crippen LogP contribution in [-0.4, -0.2) is 88.3 Å². The highest BCUT2D eigenvalue weighted by Crippen LogP contribution is 2.45. The van der Waals surface area contributed by atoms with Crippen LogP contribution in [0.15, 0.2) is 36.4 Å². The molecule has 49 heavy (non-hydrogen) atoms. The molecule has 272 valence electrons. The summed E-state index contributed by atoms with van der Waals surface area (Å²) >= 11 is 0. The van der Waals surface area contributed by atoms with Gasteiger partial charge in [-0.3, -0.25) is 9.59 Å². The van der Waals surface area contributed by atoms with E-state index in [4.69, 9.17) is 9.47 Å². The van der Waals surface area contributed by atoms with Crippen LogP contribution >= 0.6 is 24.8 Å². The van der Waals surface area contributed by atoms with Gasteiger partial charge in [0.25, 0.3) is 11.8 Å². The first kappa shape index (κ1) is 39.1. The van der Waals surface area contributed by atoms with E-state index >= 15 is 0 Å². The lowest BCUT2D eigenvalue weighted by Gasteiger charge is -2.37. The second kappa shape index (κ2) is 17.5. The van der Waals surface area contributed by atoms with E-state index < -0.39 is 0 Å². The van der Waals surface area contributed by atoms with Crippen molar-refractivity contribution < 1.29 is 19.1 Å². The Morgan fingerprint density at radius 2 is 1.47 bits per heavy atom. The lowest BCUT2D eigenvalue weighted by Crippen LogP contribution is -2.43. The van der Waals surface area contributed by atoms with E-state index in [1.807, 2.05) is 29.2 Å². The molecule has 1 atom stereocenters. The number of nitrogens with one attached hydrogen (secondary N) is 3. The van der Waals surface area contributed by atoms with E-state index in [1.165, 1.54) is 18.4 Å². The number of nitrogens with zero attached hydrogens (tertiary/aromatic N) is 2. The van der Waals surface area contributed by atoms with Gasteiger partial charge in [0, 0.05) is 83.0 Å². The number of amides is 2. The van der Waals surface area contributed by atoms with Gasteiger partial charge < -0.3 is 35.2 Å². The van der Waals surface area contributed by atoms with Gasteiger partial charge in [-0.25, -0.2) is 0 Å². The van der Waals surface area contributed by atoms with Crippen LogP contribution in [-0.2, 0) is 0 Å². The number of piperazine rings is 1. The summed E-state index contributed by atoms with van der Waals surface area (Å²) in [5.41, 5.74) is 3.90. The molecule has 0 aromatic heterocycles. The zero-order valence-electron chi connectivity index (χ0n) is 29.7. The number of ether oxygens (including phenoxy) is 2. The van der Waals surface area contributed by atoms with Gasteiger partial charge in [-0.2, -0.15) is 0 Å². The number of rotatable bonds is 8.